The third kappa shape index (κ3) is 6.03. The van der Waals surface area contributed by atoms with Gasteiger partial charge in [0.15, 0.2) is 0 Å². The van der Waals surface area contributed by atoms with Crippen molar-refractivity contribution in [2.24, 2.45) is 0 Å². The Balaban J connectivity index is 1.55. The number of hydrogen-bond donors (Lipinski definition) is 0. The molecule has 1 amide bonds. The van der Waals surface area contributed by atoms with E-state index in [0.717, 1.165) is 35.3 Å². The third-order valence-corrected chi connectivity index (χ3v) is 8.15. The Kier molecular flexibility index (Phi) is 8.32. The van der Waals surface area contributed by atoms with Gasteiger partial charge >= 0.3 is 0 Å². The molecule has 2 aromatic carbocycles. The predicted octanol–water partition coefficient (Wildman–Crippen LogP) is 4.42. The topological polar surface area (TPSA) is 66.9 Å². The van der Waals surface area contributed by atoms with Crippen molar-refractivity contribution in [1.29, 1.82) is 0 Å². The molecule has 0 spiro atoms. The van der Waals surface area contributed by atoms with Crippen LogP contribution >= 0.6 is 0 Å². The molecular formula is C26H34N2O4S. The van der Waals surface area contributed by atoms with Crippen LogP contribution in [0.15, 0.2) is 53.4 Å². The summed E-state index contributed by atoms with van der Waals surface area (Å²) < 4.78 is 32.9. The second-order valence-corrected chi connectivity index (χ2v) is 10.3. The molecule has 7 heteroatoms. The van der Waals surface area contributed by atoms with E-state index in [2.05, 4.69) is 26.0 Å². The number of para-hydroxylation sites is 1. The average molecular weight is 471 g/mol. The monoisotopic (exact) mass is 470 g/mol. The van der Waals surface area contributed by atoms with Gasteiger partial charge in [-0.05, 0) is 48.7 Å². The standard InChI is InChI=1S/C26H34N2O4S/c1-5-28(6-2)33(30,31)24-13-10-22(11-14-24)12-15-25(29)27-18-16-23(17-19-27)32-26-20(3)8-7-9-21(26)4/h7-15,23H,5-6,16-19H2,1-4H3/b15-12+. The zero-order valence-electron chi connectivity index (χ0n) is 20.0. The highest BCUT2D eigenvalue weighted by atomic mass is 32.2. The van der Waals surface area contributed by atoms with Gasteiger partial charge in [0.2, 0.25) is 15.9 Å². The quantitative estimate of drug-likeness (QED) is 0.536. The molecule has 1 aliphatic rings. The first-order valence-electron chi connectivity index (χ1n) is 11.6. The highest BCUT2D eigenvalue weighted by Gasteiger charge is 2.24. The highest BCUT2D eigenvalue weighted by Crippen LogP contribution is 2.26. The van der Waals surface area contributed by atoms with Crippen LogP contribution in [0.2, 0.25) is 0 Å². The van der Waals surface area contributed by atoms with Crippen molar-refractivity contribution < 1.29 is 17.9 Å². The number of likely N-dealkylation sites (tertiary alicyclic amines) is 1. The summed E-state index contributed by atoms with van der Waals surface area (Å²) >= 11 is 0. The summed E-state index contributed by atoms with van der Waals surface area (Å²) in [5.74, 6) is 0.911. The summed E-state index contributed by atoms with van der Waals surface area (Å²) in [6, 6.07) is 12.8. The van der Waals surface area contributed by atoms with E-state index in [9.17, 15) is 13.2 Å². The summed E-state index contributed by atoms with van der Waals surface area (Å²) in [7, 11) is -3.48. The highest BCUT2D eigenvalue weighted by molar-refractivity contribution is 7.89. The van der Waals surface area contributed by atoms with Gasteiger partial charge in [-0.25, -0.2) is 8.42 Å². The van der Waals surface area contributed by atoms with Crippen LogP contribution in [0, 0.1) is 13.8 Å². The number of carbonyl (C=O) groups excluding carboxylic acids is 1. The molecule has 0 saturated carbocycles. The van der Waals surface area contributed by atoms with Crippen LogP contribution in [0.25, 0.3) is 6.08 Å². The van der Waals surface area contributed by atoms with Crippen LogP contribution in [0.3, 0.4) is 0 Å². The minimum absolute atomic E-state index is 0.0413. The van der Waals surface area contributed by atoms with E-state index >= 15 is 0 Å². The predicted molar refractivity (Wildman–Crippen MR) is 132 cm³/mol. The Labute approximate surface area is 197 Å². The summed E-state index contributed by atoms with van der Waals surface area (Å²) in [6.45, 7) is 9.92. The number of carbonyl (C=O) groups is 1. The van der Waals surface area contributed by atoms with E-state index in [0.29, 0.717) is 26.2 Å². The Morgan fingerprint density at radius 1 is 1.03 bits per heavy atom. The minimum atomic E-state index is -3.48. The number of nitrogens with zero attached hydrogens (tertiary/aromatic N) is 2. The molecule has 1 heterocycles. The minimum Gasteiger partial charge on any atom is -0.490 e. The zero-order valence-corrected chi connectivity index (χ0v) is 20.8. The number of hydrogen-bond acceptors (Lipinski definition) is 4. The van der Waals surface area contributed by atoms with Crippen molar-refractivity contribution >= 4 is 22.0 Å². The molecule has 0 bridgehead atoms. The lowest BCUT2D eigenvalue weighted by molar-refractivity contribution is -0.127. The van der Waals surface area contributed by atoms with Crippen molar-refractivity contribution in [3.8, 4) is 5.75 Å². The molecule has 1 saturated heterocycles. The Bertz CT molecular complexity index is 1060. The molecule has 6 nitrogen and oxygen atoms in total. The van der Waals surface area contributed by atoms with Gasteiger partial charge in [0.1, 0.15) is 11.9 Å². The fourth-order valence-electron chi connectivity index (χ4n) is 4.08. The number of sulfonamides is 1. The van der Waals surface area contributed by atoms with Crippen LogP contribution < -0.4 is 4.74 Å². The van der Waals surface area contributed by atoms with Crippen LogP contribution in [0.1, 0.15) is 43.4 Å². The van der Waals surface area contributed by atoms with E-state index in [-0.39, 0.29) is 16.9 Å². The molecule has 0 aromatic heterocycles. The van der Waals surface area contributed by atoms with Crippen LogP contribution in [0.5, 0.6) is 5.75 Å². The van der Waals surface area contributed by atoms with E-state index < -0.39 is 10.0 Å². The van der Waals surface area contributed by atoms with E-state index in [1.165, 1.54) is 4.31 Å². The Hall–Kier alpha value is -2.64. The number of benzene rings is 2. The lowest BCUT2D eigenvalue weighted by Crippen LogP contribution is -2.41. The summed E-state index contributed by atoms with van der Waals surface area (Å²) in [5.41, 5.74) is 3.05. The summed E-state index contributed by atoms with van der Waals surface area (Å²) in [5, 5.41) is 0. The van der Waals surface area contributed by atoms with Gasteiger partial charge in [-0.2, -0.15) is 4.31 Å². The van der Waals surface area contributed by atoms with Gasteiger partial charge in [-0.3, -0.25) is 4.79 Å². The van der Waals surface area contributed by atoms with Gasteiger partial charge in [0.05, 0.1) is 4.90 Å². The SMILES string of the molecule is CCN(CC)S(=O)(=O)c1ccc(/C=C/C(=O)N2CCC(Oc3c(C)cccc3C)CC2)cc1. The molecule has 0 N–H and O–H groups in total. The first kappa shape index (κ1) is 25.0. The van der Waals surface area contributed by atoms with E-state index in [4.69, 9.17) is 4.74 Å². The molecule has 178 valence electrons. The van der Waals surface area contributed by atoms with Gasteiger partial charge in [-0.15, -0.1) is 0 Å². The largest absolute Gasteiger partial charge is 0.490 e. The van der Waals surface area contributed by atoms with Crippen LogP contribution in [0.4, 0.5) is 0 Å². The molecule has 3 rings (SSSR count). The van der Waals surface area contributed by atoms with Crippen molar-refractivity contribution in [3.05, 3.63) is 65.2 Å². The van der Waals surface area contributed by atoms with Crippen molar-refractivity contribution in [3.63, 3.8) is 0 Å². The van der Waals surface area contributed by atoms with E-state index in [1.807, 2.05) is 24.8 Å². The molecule has 2 aromatic rings. The Morgan fingerprint density at radius 2 is 1.61 bits per heavy atom. The summed E-state index contributed by atoms with van der Waals surface area (Å²) in [4.78, 5) is 14.7. The van der Waals surface area contributed by atoms with Gasteiger partial charge in [-0.1, -0.05) is 44.2 Å². The second-order valence-electron chi connectivity index (χ2n) is 8.36. The molecule has 33 heavy (non-hydrogen) atoms. The maximum absolute atomic E-state index is 12.6. The van der Waals surface area contributed by atoms with E-state index in [1.54, 1.807) is 36.4 Å². The number of ether oxygens (including phenoxy) is 1. The van der Waals surface area contributed by atoms with Crippen LogP contribution in [-0.4, -0.2) is 55.8 Å². The third-order valence-electron chi connectivity index (χ3n) is 6.09. The molecule has 0 aliphatic carbocycles. The normalized spacial score (nSPS) is 15.4. The number of rotatable bonds is 8. The number of amides is 1. The fraction of sp³-hybridized carbons (Fsp3) is 0.423. The fourth-order valence-corrected chi connectivity index (χ4v) is 5.54. The van der Waals surface area contributed by atoms with Gasteiger partial charge in [0.25, 0.3) is 0 Å². The second kappa shape index (κ2) is 11.0. The maximum Gasteiger partial charge on any atom is 0.246 e. The van der Waals surface area contributed by atoms with Gasteiger partial charge < -0.3 is 9.64 Å². The molecule has 1 fully saturated rings. The lowest BCUT2D eigenvalue weighted by atomic mass is 10.1. The molecule has 0 atom stereocenters. The first-order valence-corrected chi connectivity index (χ1v) is 13.0. The molecular weight excluding hydrogens is 436 g/mol. The van der Waals surface area contributed by atoms with Crippen molar-refractivity contribution in [2.45, 2.75) is 51.5 Å². The van der Waals surface area contributed by atoms with Gasteiger partial charge in [0, 0.05) is 45.1 Å². The van der Waals surface area contributed by atoms with Crippen LogP contribution in [-0.2, 0) is 14.8 Å². The average Bonchev–Trinajstić information content (AvgIpc) is 2.81. The number of piperidine rings is 1. The first-order chi connectivity index (χ1) is 15.8. The van der Waals surface area contributed by atoms with Crippen molar-refractivity contribution in [2.75, 3.05) is 26.2 Å². The number of aryl methyl sites for hydroxylation is 2. The molecule has 0 unspecified atom stereocenters. The molecule has 1 aliphatic heterocycles. The maximum atomic E-state index is 12.6. The summed E-state index contributed by atoms with van der Waals surface area (Å²) in [6.07, 6.45) is 4.99. The molecule has 0 radical (unpaired) electrons. The Morgan fingerprint density at radius 3 is 2.15 bits per heavy atom. The smallest absolute Gasteiger partial charge is 0.246 e. The zero-order chi connectivity index (χ0) is 24.0. The van der Waals surface area contributed by atoms with Crippen molar-refractivity contribution in [1.82, 2.24) is 9.21 Å². The lowest BCUT2D eigenvalue weighted by Gasteiger charge is -2.32.